The average Bonchev–Trinajstić information content (AvgIpc) is 2.80. The monoisotopic (exact) mass is 456 g/mol. The number of carbonyl (C=O) groups is 3. The number of nitrogens with zero attached hydrogens (tertiary/aromatic N) is 4. The zero-order valence-electron chi connectivity index (χ0n) is 19.7. The van der Waals surface area contributed by atoms with E-state index < -0.39 is 5.91 Å². The van der Waals surface area contributed by atoms with Gasteiger partial charge in [0.25, 0.3) is 11.5 Å². The summed E-state index contributed by atoms with van der Waals surface area (Å²) < 4.78 is 6.40. The van der Waals surface area contributed by atoms with Gasteiger partial charge in [-0.3, -0.25) is 19.2 Å². The van der Waals surface area contributed by atoms with Crippen molar-refractivity contribution in [1.29, 1.82) is 0 Å². The van der Waals surface area contributed by atoms with E-state index in [4.69, 9.17) is 4.74 Å². The van der Waals surface area contributed by atoms with Crippen LogP contribution in [0.1, 0.15) is 44.1 Å². The number of rotatable bonds is 7. The van der Waals surface area contributed by atoms with Crippen LogP contribution in [0.5, 0.6) is 0 Å². The molecule has 1 saturated heterocycles. The van der Waals surface area contributed by atoms with Gasteiger partial charge in [0.1, 0.15) is 0 Å². The second kappa shape index (κ2) is 10.6. The number of carbonyl (C=O) groups excluding carboxylic acids is 3. The number of fused-ring (bicyclic) bond motifs is 1. The molecule has 1 aliphatic rings. The van der Waals surface area contributed by atoms with Crippen molar-refractivity contribution < 1.29 is 19.1 Å². The van der Waals surface area contributed by atoms with Gasteiger partial charge in [0.2, 0.25) is 5.91 Å². The van der Waals surface area contributed by atoms with Crippen molar-refractivity contribution in [1.82, 2.24) is 19.6 Å². The van der Waals surface area contributed by atoms with Crippen LogP contribution >= 0.6 is 0 Å². The number of benzene rings is 1. The maximum atomic E-state index is 13.3. The minimum atomic E-state index is -0.418. The molecule has 1 aromatic carbocycles. The Morgan fingerprint density at radius 2 is 1.79 bits per heavy atom. The van der Waals surface area contributed by atoms with Crippen LogP contribution in [0.3, 0.4) is 0 Å². The predicted octanol–water partition coefficient (Wildman–Crippen LogP) is 1.93. The van der Waals surface area contributed by atoms with Crippen LogP contribution in [0.25, 0.3) is 10.8 Å². The lowest BCUT2D eigenvalue weighted by Crippen LogP contribution is -2.46. The Kier molecular flexibility index (Phi) is 7.84. The molecule has 0 saturated carbocycles. The summed E-state index contributed by atoms with van der Waals surface area (Å²) in [5.41, 5.74) is -0.0822. The fourth-order valence-corrected chi connectivity index (χ4v) is 4.04. The fourth-order valence-electron chi connectivity index (χ4n) is 4.04. The van der Waals surface area contributed by atoms with E-state index in [1.165, 1.54) is 9.58 Å². The number of likely N-dealkylation sites (N-methyl/N-ethyl adjacent to an activating group) is 1. The molecule has 0 N–H and O–H groups in total. The average molecular weight is 457 g/mol. The largest absolute Gasteiger partial charge is 0.466 e. The van der Waals surface area contributed by atoms with E-state index in [1.807, 2.05) is 13.8 Å². The van der Waals surface area contributed by atoms with Crippen LogP contribution in [0.4, 0.5) is 0 Å². The lowest BCUT2D eigenvalue weighted by Gasteiger charge is -2.32. The van der Waals surface area contributed by atoms with E-state index in [-0.39, 0.29) is 41.5 Å². The fraction of sp³-hybridized carbons (Fsp3) is 0.542. The van der Waals surface area contributed by atoms with E-state index >= 15 is 0 Å². The molecule has 178 valence electrons. The highest BCUT2D eigenvalue weighted by Crippen LogP contribution is 2.20. The lowest BCUT2D eigenvalue weighted by molar-refractivity contribution is -0.151. The summed E-state index contributed by atoms with van der Waals surface area (Å²) >= 11 is 0. The van der Waals surface area contributed by atoms with Gasteiger partial charge in [-0.25, -0.2) is 4.68 Å². The first-order valence-electron chi connectivity index (χ1n) is 11.4. The summed E-state index contributed by atoms with van der Waals surface area (Å²) in [6, 6.07) is 6.90. The molecule has 0 bridgehead atoms. The van der Waals surface area contributed by atoms with E-state index in [9.17, 15) is 19.2 Å². The third-order valence-corrected chi connectivity index (χ3v) is 5.80. The van der Waals surface area contributed by atoms with Crippen molar-refractivity contribution in [3.63, 3.8) is 0 Å². The predicted molar refractivity (Wildman–Crippen MR) is 124 cm³/mol. The second-order valence-electron chi connectivity index (χ2n) is 8.84. The van der Waals surface area contributed by atoms with Crippen molar-refractivity contribution in [2.24, 2.45) is 11.8 Å². The van der Waals surface area contributed by atoms with Gasteiger partial charge in [-0.2, -0.15) is 5.10 Å². The standard InChI is InChI=1S/C24H32N4O5/c1-5-33-24(32)17-10-12-27(13-11-17)20(29)15-26(4)23(31)21-18-8-6-7-9-19(18)22(30)28(25-21)14-16(2)3/h6-9,16-17H,5,10-15H2,1-4H3. The SMILES string of the molecule is CCOC(=O)C1CCN(C(=O)CN(C)C(=O)c2nn(CC(C)C)c(=O)c3ccccc23)CC1. The van der Waals surface area contributed by atoms with Crippen molar-refractivity contribution in [3.05, 3.63) is 40.3 Å². The summed E-state index contributed by atoms with van der Waals surface area (Å²) in [5.74, 6) is -0.833. The van der Waals surface area contributed by atoms with E-state index in [0.29, 0.717) is 49.9 Å². The number of likely N-dealkylation sites (tertiary alicyclic amines) is 1. The molecule has 9 heteroatoms. The summed E-state index contributed by atoms with van der Waals surface area (Å²) in [5, 5.41) is 5.27. The van der Waals surface area contributed by atoms with Gasteiger partial charge >= 0.3 is 5.97 Å². The molecule has 0 atom stereocenters. The van der Waals surface area contributed by atoms with Crippen molar-refractivity contribution in [3.8, 4) is 0 Å². The highest BCUT2D eigenvalue weighted by atomic mass is 16.5. The van der Waals surface area contributed by atoms with Crippen LogP contribution in [-0.2, 0) is 20.9 Å². The Balaban J connectivity index is 1.74. The molecule has 9 nitrogen and oxygen atoms in total. The molecule has 0 radical (unpaired) electrons. The molecule has 3 rings (SSSR count). The zero-order valence-corrected chi connectivity index (χ0v) is 19.7. The van der Waals surface area contributed by atoms with E-state index in [0.717, 1.165) is 0 Å². The first-order valence-corrected chi connectivity index (χ1v) is 11.4. The third-order valence-electron chi connectivity index (χ3n) is 5.80. The van der Waals surface area contributed by atoms with Gasteiger partial charge in [-0.1, -0.05) is 32.0 Å². The van der Waals surface area contributed by atoms with E-state index in [1.54, 1.807) is 43.1 Å². The van der Waals surface area contributed by atoms with Gasteiger partial charge in [0.15, 0.2) is 5.69 Å². The van der Waals surface area contributed by atoms with Crippen molar-refractivity contribution >= 4 is 28.6 Å². The van der Waals surface area contributed by atoms with Gasteiger partial charge in [0.05, 0.1) is 24.5 Å². The number of hydrogen-bond acceptors (Lipinski definition) is 6. The number of esters is 1. The Hall–Kier alpha value is -3.23. The molecule has 1 aliphatic heterocycles. The molecule has 33 heavy (non-hydrogen) atoms. The molecule has 0 spiro atoms. The maximum Gasteiger partial charge on any atom is 0.309 e. The number of aromatic nitrogens is 2. The topological polar surface area (TPSA) is 102 Å². The van der Waals surface area contributed by atoms with Crippen LogP contribution in [-0.4, -0.2) is 70.7 Å². The Labute approximate surface area is 193 Å². The van der Waals surface area contributed by atoms with Gasteiger partial charge < -0.3 is 14.5 Å². The molecular formula is C24H32N4O5. The molecule has 2 heterocycles. The van der Waals surface area contributed by atoms with Gasteiger partial charge in [-0.05, 0) is 31.7 Å². The second-order valence-corrected chi connectivity index (χ2v) is 8.84. The lowest BCUT2D eigenvalue weighted by atomic mass is 9.97. The minimum absolute atomic E-state index is 0.109. The Bertz CT molecular complexity index is 1090. The van der Waals surface area contributed by atoms with Gasteiger partial charge in [-0.15, -0.1) is 0 Å². The zero-order chi connectivity index (χ0) is 24.1. The highest BCUT2D eigenvalue weighted by molar-refractivity contribution is 6.05. The molecule has 2 amide bonds. The van der Waals surface area contributed by atoms with Crippen molar-refractivity contribution in [2.45, 2.75) is 40.2 Å². The Morgan fingerprint density at radius 1 is 1.15 bits per heavy atom. The van der Waals surface area contributed by atoms with Crippen molar-refractivity contribution in [2.75, 3.05) is 33.3 Å². The summed E-state index contributed by atoms with van der Waals surface area (Å²) in [4.78, 5) is 53.8. The van der Waals surface area contributed by atoms with Crippen LogP contribution in [0, 0.1) is 11.8 Å². The number of ether oxygens (including phenoxy) is 1. The number of amides is 2. The van der Waals surface area contributed by atoms with Gasteiger partial charge in [0, 0.05) is 32.1 Å². The number of hydrogen-bond donors (Lipinski definition) is 0. The molecule has 1 aromatic heterocycles. The number of piperidine rings is 1. The highest BCUT2D eigenvalue weighted by Gasteiger charge is 2.29. The normalized spacial score (nSPS) is 14.5. The summed E-state index contributed by atoms with van der Waals surface area (Å²) in [7, 11) is 1.56. The summed E-state index contributed by atoms with van der Waals surface area (Å²) in [6.07, 6.45) is 1.10. The smallest absolute Gasteiger partial charge is 0.309 e. The maximum absolute atomic E-state index is 13.3. The minimum Gasteiger partial charge on any atom is -0.466 e. The first kappa shape index (κ1) is 24.4. The molecule has 0 aliphatic carbocycles. The quantitative estimate of drug-likeness (QED) is 0.590. The van der Waals surface area contributed by atoms with Crippen LogP contribution < -0.4 is 5.56 Å². The van der Waals surface area contributed by atoms with Crippen LogP contribution in [0.15, 0.2) is 29.1 Å². The molecule has 1 fully saturated rings. The van der Waals surface area contributed by atoms with Crippen LogP contribution in [0.2, 0.25) is 0 Å². The molecule has 0 unspecified atom stereocenters. The molecule has 2 aromatic rings. The summed E-state index contributed by atoms with van der Waals surface area (Å²) in [6.45, 7) is 7.25. The van der Waals surface area contributed by atoms with E-state index in [2.05, 4.69) is 5.10 Å². The first-order chi connectivity index (χ1) is 15.7. The third kappa shape index (κ3) is 5.58. The molecular weight excluding hydrogens is 424 g/mol. The Morgan fingerprint density at radius 3 is 2.39 bits per heavy atom.